The molecule has 0 spiro atoms. The van der Waals surface area contributed by atoms with Crippen LogP contribution < -0.4 is 5.32 Å². The van der Waals surface area contributed by atoms with E-state index in [-0.39, 0.29) is 11.8 Å². The number of nitrogens with one attached hydrogen (secondary N) is 1. The smallest absolute Gasteiger partial charge is 0.254 e. The molecule has 0 bridgehead atoms. The van der Waals surface area contributed by atoms with E-state index in [0.717, 1.165) is 49.3 Å². The molecular weight excluding hydrogens is 400 g/mol. The van der Waals surface area contributed by atoms with Crippen molar-refractivity contribution in [2.45, 2.75) is 51.9 Å². The highest BCUT2D eigenvalue weighted by Crippen LogP contribution is 2.42. The van der Waals surface area contributed by atoms with Gasteiger partial charge in [-0.2, -0.15) is 5.10 Å². The molecule has 1 N–H and O–H groups in total. The lowest BCUT2D eigenvalue weighted by molar-refractivity contribution is -0.132. The average Bonchev–Trinajstić information content (AvgIpc) is 3.47. The Bertz CT molecular complexity index is 951. The summed E-state index contributed by atoms with van der Waals surface area (Å²) >= 11 is 6.30. The van der Waals surface area contributed by atoms with Gasteiger partial charge in [-0.15, -0.1) is 0 Å². The Morgan fingerprint density at radius 2 is 2.07 bits per heavy atom. The fourth-order valence-corrected chi connectivity index (χ4v) is 4.33. The van der Waals surface area contributed by atoms with Crippen LogP contribution in [0.1, 0.15) is 66.6 Å². The number of aromatic nitrogens is 2. The summed E-state index contributed by atoms with van der Waals surface area (Å²) in [5, 5.41) is 8.09. The van der Waals surface area contributed by atoms with Gasteiger partial charge in [-0.25, -0.2) is 4.68 Å². The molecule has 1 aromatic heterocycles. The summed E-state index contributed by atoms with van der Waals surface area (Å²) in [5.74, 6) is 0.847. The number of benzene rings is 1. The lowest BCUT2D eigenvalue weighted by Crippen LogP contribution is -2.40. The lowest BCUT2D eigenvalue weighted by Gasteiger charge is -2.31. The number of likely N-dealkylation sites (tertiary alicyclic amines) is 1. The number of amides is 2. The van der Waals surface area contributed by atoms with Crippen LogP contribution in [0.4, 0.5) is 0 Å². The van der Waals surface area contributed by atoms with Crippen LogP contribution in [-0.2, 0) is 4.79 Å². The summed E-state index contributed by atoms with van der Waals surface area (Å²) in [4.78, 5) is 27.2. The van der Waals surface area contributed by atoms with Crippen molar-refractivity contribution in [3.63, 3.8) is 0 Å². The number of carbonyl (C=O) groups excluding carboxylic acids is 2. The van der Waals surface area contributed by atoms with Gasteiger partial charge in [0, 0.05) is 37.0 Å². The third-order valence-electron chi connectivity index (χ3n) is 6.05. The summed E-state index contributed by atoms with van der Waals surface area (Å²) in [5.41, 5.74) is 3.39. The summed E-state index contributed by atoms with van der Waals surface area (Å²) in [6, 6.07) is 5.82. The second-order valence-electron chi connectivity index (χ2n) is 8.66. The predicted octanol–water partition coefficient (Wildman–Crippen LogP) is 4.09. The third-order valence-corrected chi connectivity index (χ3v) is 6.46. The normalized spacial score (nSPS) is 19.0. The first kappa shape index (κ1) is 20.9. The van der Waals surface area contributed by atoms with E-state index in [1.54, 1.807) is 6.20 Å². The van der Waals surface area contributed by atoms with E-state index in [0.29, 0.717) is 35.4 Å². The summed E-state index contributed by atoms with van der Waals surface area (Å²) in [6.07, 6.45) is 6.31. The van der Waals surface area contributed by atoms with E-state index in [1.807, 2.05) is 34.7 Å². The lowest BCUT2D eigenvalue weighted by atomic mass is 10.00. The molecule has 30 heavy (non-hydrogen) atoms. The zero-order valence-corrected chi connectivity index (χ0v) is 18.4. The van der Waals surface area contributed by atoms with Crippen LogP contribution in [0.25, 0.3) is 5.69 Å². The largest absolute Gasteiger partial charge is 0.351 e. The van der Waals surface area contributed by atoms with Crippen molar-refractivity contribution in [1.29, 1.82) is 0 Å². The minimum atomic E-state index is -0.166. The fourth-order valence-electron chi connectivity index (χ4n) is 4.15. The monoisotopic (exact) mass is 428 g/mol. The number of hydrogen-bond donors (Lipinski definition) is 1. The van der Waals surface area contributed by atoms with E-state index in [4.69, 9.17) is 11.6 Å². The minimum absolute atomic E-state index is 0.120. The molecule has 1 aromatic carbocycles. The molecule has 1 aliphatic heterocycles. The maximum atomic E-state index is 12.9. The van der Waals surface area contributed by atoms with Gasteiger partial charge in [0.05, 0.1) is 23.1 Å². The maximum absolute atomic E-state index is 12.9. The zero-order chi connectivity index (χ0) is 21.3. The molecule has 2 aliphatic rings. The summed E-state index contributed by atoms with van der Waals surface area (Å²) in [6.45, 7) is 6.13. The van der Waals surface area contributed by atoms with E-state index in [9.17, 15) is 9.59 Å². The molecule has 1 saturated carbocycles. The number of halogens is 1. The third kappa shape index (κ3) is 4.53. The Kier molecular flexibility index (Phi) is 6.14. The van der Waals surface area contributed by atoms with Crippen molar-refractivity contribution in [1.82, 2.24) is 20.0 Å². The molecular formula is C23H29ClN4O2. The first-order chi connectivity index (χ1) is 14.4. The molecule has 0 radical (unpaired) electrons. The summed E-state index contributed by atoms with van der Waals surface area (Å²) in [7, 11) is 0. The van der Waals surface area contributed by atoms with Crippen LogP contribution in [0, 0.1) is 12.8 Å². The Hall–Kier alpha value is -2.34. The van der Waals surface area contributed by atoms with Crippen LogP contribution in [0.5, 0.6) is 0 Å². The van der Waals surface area contributed by atoms with E-state index < -0.39 is 0 Å². The van der Waals surface area contributed by atoms with Crippen LogP contribution >= 0.6 is 11.6 Å². The second-order valence-corrected chi connectivity index (χ2v) is 9.06. The van der Waals surface area contributed by atoms with E-state index >= 15 is 0 Å². The van der Waals surface area contributed by atoms with Gasteiger partial charge in [0.1, 0.15) is 0 Å². The molecule has 7 heteroatoms. The topological polar surface area (TPSA) is 67.2 Å². The van der Waals surface area contributed by atoms with Crippen molar-refractivity contribution in [2.24, 2.45) is 5.92 Å². The molecule has 160 valence electrons. The Morgan fingerprint density at radius 1 is 1.27 bits per heavy atom. The summed E-state index contributed by atoms with van der Waals surface area (Å²) < 4.78 is 1.83. The number of nitrogens with zero attached hydrogens (tertiary/aromatic N) is 3. The van der Waals surface area contributed by atoms with Crippen molar-refractivity contribution in [3.05, 3.63) is 46.2 Å². The molecule has 4 rings (SSSR count). The van der Waals surface area contributed by atoms with Gasteiger partial charge in [0.2, 0.25) is 5.91 Å². The number of carbonyl (C=O) groups is 2. The van der Waals surface area contributed by atoms with Crippen molar-refractivity contribution >= 4 is 23.4 Å². The number of hydrogen-bond acceptors (Lipinski definition) is 3. The highest BCUT2D eigenvalue weighted by molar-refractivity contribution is 6.31. The number of aryl methyl sites for hydroxylation is 1. The standard InChI is InChI=1S/C23H29ClN4O2/c1-15-4-3-11-27(14-15)21(29)9-10-25-23(30)19-13-26-28(22(19)17-6-7-17)18-8-5-16(2)20(24)12-18/h5,8,12-13,15,17H,3-4,6-7,9-11,14H2,1-2H3,(H,25,30). The number of rotatable bonds is 6. The zero-order valence-electron chi connectivity index (χ0n) is 17.7. The molecule has 1 saturated heterocycles. The van der Waals surface area contributed by atoms with Crippen molar-refractivity contribution < 1.29 is 9.59 Å². The van der Waals surface area contributed by atoms with Gasteiger partial charge < -0.3 is 10.2 Å². The molecule has 6 nitrogen and oxygen atoms in total. The molecule has 2 amide bonds. The maximum Gasteiger partial charge on any atom is 0.254 e. The minimum Gasteiger partial charge on any atom is -0.351 e. The Balaban J connectivity index is 1.42. The molecule has 2 heterocycles. The van der Waals surface area contributed by atoms with Gasteiger partial charge in [-0.1, -0.05) is 24.6 Å². The first-order valence-electron chi connectivity index (χ1n) is 10.8. The van der Waals surface area contributed by atoms with Gasteiger partial charge in [-0.3, -0.25) is 9.59 Å². The molecule has 1 atom stereocenters. The second kappa shape index (κ2) is 8.80. The van der Waals surface area contributed by atoms with Gasteiger partial charge in [0.25, 0.3) is 5.91 Å². The molecule has 2 aromatic rings. The molecule has 2 fully saturated rings. The fraction of sp³-hybridized carbons (Fsp3) is 0.522. The number of piperidine rings is 1. The van der Waals surface area contributed by atoms with E-state index in [1.165, 1.54) is 6.42 Å². The first-order valence-corrected chi connectivity index (χ1v) is 11.2. The molecule has 1 aliphatic carbocycles. The highest BCUT2D eigenvalue weighted by atomic mass is 35.5. The Labute approximate surface area is 182 Å². The van der Waals surface area contributed by atoms with Gasteiger partial charge >= 0.3 is 0 Å². The van der Waals surface area contributed by atoms with Crippen LogP contribution in [-0.4, -0.2) is 46.1 Å². The van der Waals surface area contributed by atoms with Crippen LogP contribution in [0.15, 0.2) is 24.4 Å². The van der Waals surface area contributed by atoms with Crippen LogP contribution in [0.3, 0.4) is 0 Å². The SMILES string of the molecule is Cc1ccc(-n2ncc(C(=O)NCCC(=O)N3CCCC(C)C3)c2C2CC2)cc1Cl. The van der Waals surface area contributed by atoms with Gasteiger partial charge in [-0.05, 0) is 56.2 Å². The van der Waals surface area contributed by atoms with Crippen molar-refractivity contribution in [2.75, 3.05) is 19.6 Å². The van der Waals surface area contributed by atoms with Gasteiger partial charge in [0.15, 0.2) is 0 Å². The Morgan fingerprint density at radius 3 is 2.77 bits per heavy atom. The predicted molar refractivity (Wildman–Crippen MR) is 117 cm³/mol. The van der Waals surface area contributed by atoms with E-state index in [2.05, 4.69) is 17.3 Å². The molecule has 1 unspecified atom stereocenters. The quantitative estimate of drug-likeness (QED) is 0.753. The van der Waals surface area contributed by atoms with Crippen molar-refractivity contribution in [3.8, 4) is 5.69 Å². The van der Waals surface area contributed by atoms with Crippen LogP contribution in [0.2, 0.25) is 5.02 Å². The average molecular weight is 429 g/mol. The highest BCUT2D eigenvalue weighted by Gasteiger charge is 2.33.